The van der Waals surface area contributed by atoms with E-state index in [1.165, 1.54) is 0 Å². The van der Waals surface area contributed by atoms with Crippen LogP contribution in [0.15, 0.2) is 11.6 Å². The number of aromatic nitrogens is 1. The van der Waals surface area contributed by atoms with Crippen molar-refractivity contribution in [2.45, 2.75) is 31.5 Å². The molecule has 0 bridgehead atoms. The van der Waals surface area contributed by atoms with Crippen LogP contribution in [0.1, 0.15) is 17.8 Å². The molecule has 0 spiro atoms. The maximum atomic E-state index is 12.2. The molecule has 7 heteroatoms. The first-order valence-corrected chi connectivity index (χ1v) is 8.06. The van der Waals surface area contributed by atoms with E-state index in [-0.39, 0.29) is 30.4 Å². The number of nitrogens with zero attached hydrogens (tertiary/aromatic N) is 4. The summed E-state index contributed by atoms with van der Waals surface area (Å²) in [7, 11) is 3.45. The van der Waals surface area contributed by atoms with E-state index in [1.54, 1.807) is 35.2 Å². The van der Waals surface area contributed by atoms with E-state index in [0.29, 0.717) is 6.42 Å². The van der Waals surface area contributed by atoms with Crippen LogP contribution in [0.5, 0.6) is 0 Å². The van der Waals surface area contributed by atoms with Crippen molar-refractivity contribution in [3.63, 3.8) is 0 Å². The molecular weight excluding hydrogens is 288 g/mol. The molecule has 1 aromatic heterocycles. The fourth-order valence-corrected chi connectivity index (χ4v) is 3.84. The lowest BCUT2D eigenvalue weighted by Crippen LogP contribution is -2.43. The molecule has 2 amide bonds. The van der Waals surface area contributed by atoms with E-state index in [1.807, 2.05) is 11.6 Å². The molecule has 3 rings (SSSR count). The number of hydrogen-bond acceptors (Lipinski definition) is 5. The highest BCUT2D eigenvalue weighted by molar-refractivity contribution is 7.09. The Kier molecular flexibility index (Phi) is 3.95. The van der Waals surface area contributed by atoms with Crippen LogP contribution >= 0.6 is 11.3 Å². The summed E-state index contributed by atoms with van der Waals surface area (Å²) in [5.74, 6) is 0.0893. The summed E-state index contributed by atoms with van der Waals surface area (Å²) in [5.41, 5.74) is 0. The third-order valence-electron chi connectivity index (χ3n) is 4.36. The zero-order valence-corrected chi connectivity index (χ0v) is 13.2. The minimum absolute atomic E-state index is 0.0117. The Balaban J connectivity index is 1.67. The van der Waals surface area contributed by atoms with Crippen molar-refractivity contribution in [1.82, 2.24) is 19.7 Å². The second-order valence-corrected chi connectivity index (χ2v) is 6.81. The molecule has 2 saturated heterocycles. The molecule has 1 aromatic rings. The molecule has 2 aliphatic heterocycles. The predicted molar refractivity (Wildman–Crippen MR) is 79.7 cm³/mol. The van der Waals surface area contributed by atoms with Crippen LogP contribution in [0.3, 0.4) is 0 Å². The van der Waals surface area contributed by atoms with E-state index < -0.39 is 0 Å². The maximum absolute atomic E-state index is 12.2. The highest BCUT2D eigenvalue weighted by Gasteiger charge is 2.47. The first-order valence-electron chi connectivity index (χ1n) is 7.18. The Morgan fingerprint density at radius 2 is 2.29 bits per heavy atom. The highest BCUT2D eigenvalue weighted by atomic mass is 32.1. The van der Waals surface area contributed by atoms with E-state index in [2.05, 4.69) is 9.88 Å². The van der Waals surface area contributed by atoms with Gasteiger partial charge in [-0.1, -0.05) is 0 Å². The fraction of sp³-hybridized carbons (Fsp3) is 0.643. The number of thiazole rings is 1. The van der Waals surface area contributed by atoms with Crippen LogP contribution < -0.4 is 0 Å². The Bertz CT molecular complexity index is 531. The van der Waals surface area contributed by atoms with Gasteiger partial charge in [0.05, 0.1) is 6.54 Å². The van der Waals surface area contributed by atoms with Crippen molar-refractivity contribution in [2.24, 2.45) is 0 Å². The van der Waals surface area contributed by atoms with Gasteiger partial charge in [0.15, 0.2) is 0 Å². The summed E-state index contributed by atoms with van der Waals surface area (Å²) in [4.78, 5) is 34.1. The second kappa shape index (κ2) is 5.73. The summed E-state index contributed by atoms with van der Waals surface area (Å²) >= 11 is 1.65. The van der Waals surface area contributed by atoms with Gasteiger partial charge in [-0.05, 0) is 6.42 Å². The molecule has 3 heterocycles. The molecule has 0 aromatic carbocycles. The van der Waals surface area contributed by atoms with Crippen molar-refractivity contribution in [3.8, 4) is 0 Å². The maximum Gasteiger partial charge on any atom is 0.241 e. The van der Waals surface area contributed by atoms with Crippen molar-refractivity contribution < 1.29 is 9.59 Å². The normalized spacial score (nSPS) is 25.4. The zero-order chi connectivity index (χ0) is 15.0. The minimum Gasteiger partial charge on any atom is -0.347 e. The molecule has 0 aliphatic carbocycles. The number of hydrogen-bond donors (Lipinski definition) is 0. The van der Waals surface area contributed by atoms with E-state index in [9.17, 15) is 9.59 Å². The van der Waals surface area contributed by atoms with Crippen LogP contribution in [-0.4, -0.2) is 70.8 Å². The van der Waals surface area contributed by atoms with Crippen LogP contribution in [0, 0.1) is 0 Å². The zero-order valence-electron chi connectivity index (χ0n) is 12.4. The quantitative estimate of drug-likeness (QED) is 0.808. The summed E-state index contributed by atoms with van der Waals surface area (Å²) in [6, 6.07) is 0.415. The lowest BCUT2D eigenvalue weighted by Gasteiger charge is -2.25. The van der Waals surface area contributed by atoms with E-state index in [0.717, 1.165) is 24.5 Å². The fourth-order valence-electron chi connectivity index (χ4n) is 3.20. The number of rotatable bonds is 4. The van der Waals surface area contributed by atoms with Crippen molar-refractivity contribution in [2.75, 3.05) is 27.2 Å². The van der Waals surface area contributed by atoms with Gasteiger partial charge in [0.1, 0.15) is 11.6 Å². The molecule has 0 unspecified atom stereocenters. The summed E-state index contributed by atoms with van der Waals surface area (Å²) in [5, 5.41) is 3.07. The van der Waals surface area contributed by atoms with Crippen LogP contribution in [0.25, 0.3) is 0 Å². The highest BCUT2D eigenvalue weighted by Crippen LogP contribution is 2.33. The average Bonchev–Trinajstić information content (AvgIpc) is 3.12. The third kappa shape index (κ3) is 2.80. The molecule has 0 N–H and O–H groups in total. The van der Waals surface area contributed by atoms with Gasteiger partial charge in [0.2, 0.25) is 11.8 Å². The van der Waals surface area contributed by atoms with Gasteiger partial charge < -0.3 is 9.80 Å². The van der Waals surface area contributed by atoms with Crippen LogP contribution in [0.2, 0.25) is 0 Å². The topological polar surface area (TPSA) is 56.8 Å². The molecule has 0 saturated carbocycles. The lowest BCUT2D eigenvalue weighted by molar-refractivity contribution is -0.138. The van der Waals surface area contributed by atoms with Gasteiger partial charge >= 0.3 is 0 Å². The SMILES string of the molecule is CN(C)C(=O)CN1C(=O)C[C@H]2[C@@H]1CCN2Cc1nccs1. The Morgan fingerprint density at radius 1 is 1.48 bits per heavy atom. The Labute approximate surface area is 128 Å². The second-order valence-electron chi connectivity index (χ2n) is 5.83. The van der Waals surface area contributed by atoms with Gasteiger partial charge in [-0.3, -0.25) is 14.5 Å². The summed E-state index contributed by atoms with van der Waals surface area (Å²) in [6.07, 6.45) is 3.29. The largest absolute Gasteiger partial charge is 0.347 e. The van der Waals surface area contributed by atoms with Crippen molar-refractivity contribution in [3.05, 3.63) is 16.6 Å². The van der Waals surface area contributed by atoms with Gasteiger partial charge in [-0.2, -0.15) is 0 Å². The van der Waals surface area contributed by atoms with Gasteiger partial charge in [-0.15, -0.1) is 11.3 Å². The standard InChI is InChI=1S/C14H20N4O2S/c1-16(2)14(20)9-18-10-3-5-17(11(10)7-13(18)19)8-12-15-4-6-21-12/h4,6,10-11H,3,5,7-9H2,1-2H3/t10-,11-/m0/s1. The van der Waals surface area contributed by atoms with Gasteiger partial charge in [0, 0.05) is 50.7 Å². The number of carbonyl (C=O) groups excluding carboxylic acids is 2. The first kappa shape index (κ1) is 14.5. The molecule has 21 heavy (non-hydrogen) atoms. The molecule has 6 nitrogen and oxygen atoms in total. The minimum atomic E-state index is -0.0117. The summed E-state index contributed by atoms with van der Waals surface area (Å²) < 4.78 is 0. The number of fused-ring (bicyclic) bond motifs is 1. The third-order valence-corrected chi connectivity index (χ3v) is 5.12. The first-order chi connectivity index (χ1) is 10.1. The van der Waals surface area contributed by atoms with Crippen molar-refractivity contribution >= 4 is 23.2 Å². The lowest BCUT2D eigenvalue weighted by atomic mass is 10.1. The van der Waals surface area contributed by atoms with Gasteiger partial charge in [-0.25, -0.2) is 4.98 Å². The number of likely N-dealkylation sites (tertiary alicyclic amines) is 2. The molecule has 2 atom stereocenters. The Morgan fingerprint density at radius 3 is 2.95 bits per heavy atom. The summed E-state index contributed by atoms with van der Waals surface area (Å²) in [6.45, 7) is 1.98. The Hall–Kier alpha value is -1.47. The van der Waals surface area contributed by atoms with E-state index >= 15 is 0 Å². The molecule has 2 fully saturated rings. The number of likely N-dealkylation sites (N-methyl/N-ethyl adjacent to an activating group) is 1. The van der Waals surface area contributed by atoms with Gasteiger partial charge in [0.25, 0.3) is 0 Å². The predicted octanol–water partition coefficient (Wildman–Crippen LogP) is 0.407. The molecular formula is C14H20N4O2S. The number of carbonyl (C=O) groups is 2. The average molecular weight is 308 g/mol. The number of amides is 2. The molecule has 2 aliphatic rings. The van der Waals surface area contributed by atoms with Crippen molar-refractivity contribution in [1.29, 1.82) is 0 Å². The molecule has 114 valence electrons. The molecule has 0 radical (unpaired) electrons. The smallest absolute Gasteiger partial charge is 0.241 e. The van der Waals surface area contributed by atoms with Crippen LogP contribution in [-0.2, 0) is 16.1 Å². The van der Waals surface area contributed by atoms with Crippen LogP contribution in [0.4, 0.5) is 0 Å². The monoisotopic (exact) mass is 308 g/mol. The van der Waals surface area contributed by atoms with E-state index in [4.69, 9.17) is 0 Å².